The molecule has 0 radical (unpaired) electrons. The molecule has 0 spiro atoms. The van der Waals surface area contributed by atoms with Gasteiger partial charge in [-0.3, -0.25) is 4.79 Å². The van der Waals surface area contributed by atoms with Gasteiger partial charge < -0.3 is 10.1 Å². The van der Waals surface area contributed by atoms with Crippen LogP contribution in [0.1, 0.15) is 22.8 Å². The highest BCUT2D eigenvalue weighted by molar-refractivity contribution is 6.01. The van der Waals surface area contributed by atoms with E-state index in [-0.39, 0.29) is 5.56 Å². The van der Waals surface area contributed by atoms with Crippen molar-refractivity contribution in [3.05, 3.63) is 89.7 Å². The number of esters is 1. The van der Waals surface area contributed by atoms with Crippen molar-refractivity contribution >= 4 is 17.6 Å². The SMILES string of the molecule is C[C@@H](OC(=O)c1ccccc1-c1ccccc1C#N)C(=O)Nc1ccc(F)cc1. The molecule has 0 saturated heterocycles. The number of rotatable bonds is 5. The molecule has 0 aliphatic heterocycles. The van der Waals surface area contributed by atoms with Crippen LogP contribution in [-0.2, 0) is 9.53 Å². The van der Waals surface area contributed by atoms with Crippen LogP contribution in [0.3, 0.4) is 0 Å². The number of ether oxygens (including phenoxy) is 1. The van der Waals surface area contributed by atoms with Crippen LogP contribution in [-0.4, -0.2) is 18.0 Å². The zero-order chi connectivity index (χ0) is 20.8. The Labute approximate surface area is 167 Å². The van der Waals surface area contributed by atoms with E-state index in [1.807, 2.05) is 0 Å². The van der Waals surface area contributed by atoms with Gasteiger partial charge >= 0.3 is 5.97 Å². The smallest absolute Gasteiger partial charge is 0.339 e. The molecule has 6 heteroatoms. The quantitative estimate of drug-likeness (QED) is 0.651. The lowest BCUT2D eigenvalue weighted by molar-refractivity contribution is -0.123. The van der Waals surface area contributed by atoms with Crippen molar-refractivity contribution in [3.63, 3.8) is 0 Å². The Morgan fingerprint density at radius 2 is 1.59 bits per heavy atom. The molecule has 144 valence electrons. The Morgan fingerprint density at radius 1 is 0.966 bits per heavy atom. The molecular weight excluding hydrogens is 371 g/mol. The second kappa shape index (κ2) is 8.81. The first-order valence-electron chi connectivity index (χ1n) is 8.85. The predicted octanol–water partition coefficient (Wildman–Crippen LogP) is 4.55. The molecule has 0 fully saturated rings. The summed E-state index contributed by atoms with van der Waals surface area (Å²) in [6.07, 6.45) is -1.08. The summed E-state index contributed by atoms with van der Waals surface area (Å²) in [5.74, 6) is -1.65. The van der Waals surface area contributed by atoms with E-state index in [1.165, 1.54) is 31.2 Å². The first-order chi connectivity index (χ1) is 14.0. The van der Waals surface area contributed by atoms with Crippen LogP contribution in [0.5, 0.6) is 0 Å². The minimum atomic E-state index is -1.08. The van der Waals surface area contributed by atoms with E-state index in [4.69, 9.17) is 4.74 Å². The fraction of sp³-hybridized carbons (Fsp3) is 0.0870. The van der Waals surface area contributed by atoms with Gasteiger partial charge in [-0.15, -0.1) is 0 Å². The maximum atomic E-state index is 13.0. The Morgan fingerprint density at radius 3 is 2.28 bits per heavy atom. The van der Waals surface area contributed by atoms with Gasteiger partial charge in [-0.05, 0) is 48.9 Å². The second-order valence-corrected chi connectivity index (χ2v) is 6.25. The molecule has 1 N–H and O–H groups in total. The zero-order valence-electron chi connectivity index (χ0n) is 15.6. The van der Waals surface area contributed by atoms with Crippen molar-refractivity contribution in [2.24, 2.45) is 0 Å². The van der Waals surface area contributed by atoms with E-state index in [1.54, 1.807) is 48.5 Å². The van der Waals surface area contributed by atoms with Crippen molar-refractivity contribution in [2.45, 2.75) is 13.0 Å². The van der Waals surface area contributed by atoms with Crippen LogP contribution < -0.4 is 5.32 Å². The molecule has 0 aliphatic rings. The molecule has 5 nitrogen and oxygen atoms in total. The number of hydrogen-bond acceptors (Lipinski definition) is 4. The molecule has 0 bridgehead atoms. The normalized spacial score (nSPS) is 11.2. The molecule has 1 amide bonds. The van der Waals surface area contributed by atoms with Crippen LogP contribution >= 0.6 is 0 Å². The monoisotopic (exact) mass is 388 g/mol. The second-order valence-electron chi connectivity index (χ2n) is 6.25. The van der Waals surface area contributed by atoms with Gasteiger partial charge in [0.1, 0.15) is 5.82 Å². The highest BCUT2D eigenvalue weighted by Gasteiger charge is 2.22. The largest absolute Gasteiger partial charge is 0.449 e. The maximum Gasteiger partial charge on any atom is 0.339 e. The average Bonchev–Trinajstić information content (AvgIpc) is 2.75. The third-order valence-electron chi connectivity index (χ3n) is 4.25. The van der Waals surface area contributed by atoms with Crippen molar-refractivity contribution < 1.29 is 18.7 Å². The maximum absolute atomic E-state index is 13.0. The average molecular weight is 388 g/mol. The number of nitrogens with one attached hydrogen (secondary N) is 1. The van der Waals surface area contributed by atoms with Crippen LogP contribution in [0.4, 0.5) is 10.1 Å². The molecule has 0 aromatic heterocycles. The minimum Gasteiger partial charge on any atom is -0.449 e. The summed E-state index contributed by atoms with van der Waals surface area (Å²) >= 11 is 0. The van der Waals surface area contributed by atoms with Gasteiger partial charge in [0.15, 0.2) is 6.10 Å². The van der Waals surface area contributed by atoms with E-state index in [9.17, 15) is 19.2 Å². The molecule has 0 aliphatic carbocycles. The van der Waals surface area contributed by atoms with E-state index >= 15 is 0 Å². The van der Waals surface area contributed by atoms with Crippen molar-refractivity contribution in [1.29, 1.82) is 5.26 Å². The Kier molecular flexibility index (Phi) is 6.00. The molecule has 3 rings (SSSR count). The summed E-state index contributed by atoms with van der Waals surface area (Å²) in [7, 11) is 0. The number of halogens is 1. The molecule has 3 aromatic carbocycles. The third kappa shape index (κ3) is 4.66. The molecule has 0 heterocycles. The first-order valence-corrected chi connectivity index (χ1v) is 8.85. The number of hydrogen-bond donors (Lipinski definition) is 1. The Balaban J connectivity index is 1.78. The first kappa shape index (κ1) is 19.8. The number of amides is 1. The predicted molar refractivity (Wildman–Crippen MR) is 107 cm³/mol. The summed E-state index contributed by atoms with van der Waals surface area (Å²) in [6.45, 7) is 1.45. The molecule has 3 aromatic rings. The Hall–Kier alpha value is -3.98. The summed E-state index contributed by atoms with van der Waals surface area (Å²) in [6, 6.07) is 21.0. The van der Waals surface area contributed by atoms with Crippen LogP contribution in [0.15, 0.2) is 72.8 Å². The minimum absolute atomic E-state index is 0.247. The van der Waals surface area contributed by atoms with Crippen molar-refractivity contribution in [2.75, 3.05) is 5.32 Å². The van der Waals surface area contributed by atoms with E-state index in [2.05, 4.69) is 11.4 Å². The molecule has 0 saturated carbocycles. The van der Waals surface area contributed by atoms with E-state index in [0.29, 0.717) is 22.4 Å². The van der Waals surface area contributed by atoms with Gasteiger partial charge in [0.25, 0.3) is 5.91 Å². The van der Waals surface area contributed by atoms with Gasteiger partial charge in [-0.25, -0.2) is 9.18 Å². The lowest BCUT2D eigenvalue weighted by Crippen LogP contribution is -2.30. The summed E-state index contributed by atoms with van der Waals surface area (Å²) in [5.41, 5.74) is 2.21. The molecule has 29 heavy (non-hydrogen) atoms. The van der Waals surface area contributed by atoms with Crippen LogP contribution in [0.25, 0.3) is 11.1 Å². The fourth-order valence-corrected chi connectivity index (χ4v) is 2.77. The van der Waals surface area contributed by atoms with E-state index < -0.39 is 23.8 Å². The van der Waals surface area contributed by atoms with Gasteiger partial charge in [-0.1, -0.05) is 36.4 Å². The van der Waals surface area contributed by atoms with Gasteiger partial charge in [0.2, 0.25) is 0 Å². The fourth-order valence-electron chi connectivity index (χ4n) is 2.77. The number of anilines is 1. The number of nitrogens with zero attached hydrogens (tertiary/aromatic N) is 1. The third-order valence-corrected chi connectivity index (χ3v) is 4.25. The zero-order valence-corrected chi connectivity index (χ0v) is 15.6. The topological polar surface area (TPSA) is 79.2 Å². The highest BCUT2D eigenvalue weighted by atomic mass is 19.1. The highest BCUT2D eigenvalue weighted by Crippen LogP contribution is 2.27. The van der Waals surface area contributed by atoms with Crippen LogP contribution in [0.2, 0.25) is 0 Å². The Bertz CT molecular complexity index is 1090. The molecule has 0 unspecified atom stereocenters. The number of nitriles is 1. The summed E-state index contributed by atoms with van der Waals surface area (Å²) in [4.78, 5) is 25.0. The number of carbonyl (C=O) groups excluding carboxylic acids is 2. The number of carbonyl (C=O) groups is 2. The van der Waals surface area contributed by atoms with Crippen molar-refractivity contribution in [3.8, 4) is 17.2 Å². The lowest BCUT2D eigenvalue weighted by atomic mass is 9.96. The van der Waals surface area contributed by atoms with Crippen LogP contribution in [0, 0.1) is 17.1 Å². The van der Waals surface area contributed by atoms with E-state index in [0.717, 1.165) is 0 Å². The standard InChI is InChI=1S/C23H17FN2O3/c1-15(22(27)26-18-12-10-17(24)11-13-18)29-23(28)21-9-5-4-8-20(21)19-7-3-2-6-16(19)14-25/h2-13,15H,1H3,(H,26,27)/t15-/m1/s1. The molecular formula is C23H17FN2O3. The van der Waals surface area contributed by atoms with Gasteiger partial charge in [0.05, 0.1) is 17.2 Å². The van der Waals surface area contributed by atoms with Gasteiger partial charge in [0, 0.05) is 11.3 Å². The summed E-state index contributed by atoms with van der Waals surface area (Å²) in [5, 5.41) is 11.9. The van der Waals surface area contributed by atoms with Gasteiger partial charge in [-0.2, -0.15) is 5.26 Å². The molecule has 1 atom stereocenters. The number of benzene rings is 3. The van der Waals surface area contributed by atoms with Crippen molar-refractivity contribution in [1.82, 2.24) is 0 Å². The lowest BCUT2D eigenvalue weighted by Gasteiger charge is -2.15. The summed E-state index contributed by atoms with van der Waals surface area (Å²) < 4.78 is 18.3.